The Hall–Kier alpha value is -0.120. The molecule has 1 aliphatic heterocycles. The van der Waals surface area contributed by atoms with Crippen LogP contribution >= 0.6 is 0 Å². The van der Waals surface area contributed by atoms with Crippen molar-refractivity contribution in [2.45, 2.75) is 39.3 Å². The van der Waals surface area contributed by atoms with Crippen molar-refractivity contribution in [1.29, 1.82) is 0 Å². The Labute approximate surface area is 83.7 Å². The Morgan fingerprint density at radius 2 is 2.23 bits per heavy atom. The molecule has 0 aromatic rings. The van der Waals surface area contributed by atoms with Crippen molar-refractivity contribution >= 4 is 0 Å². The van der Waals surface area contributed by atoms with E-state index < -0.39 is 0 Å². The summed E-state index contributed by atoms with van der Waals surface area (Å²) in [5.74, 6) is 0. The number of hydrogen-bond acceptors (Lipinski definition) is 3. The van der Waals surface area contributed by atoms with Crippen molar-refractivity contribution in [2.75, 3.05) is 26.7 Å². The first-order valence-corrected chi connectivity index (χ1v) is 5.38. The lowest BCUT2D eigenvalue weighted by Crippen LogP contribution is -2.52. The van der Waals surface area contributed by atoms with Gasteiger partial charge in [0, 0.05) is 20.6 Å². The van der Waals surface area contributed by atoms with E-state index in [4.69, 9.17) is 4.74 Å². The zero-order valence-electron chi connectivity index (χ0n) is 9.39. The third kappa shape index (κ3) is 4.60. The molecule has 82 valence electrons. The highest BCUT2D eigenvalue weighted by molar-refractivity contribution is 4.80. The van der Waals surface area contributed by atoms with Crippen LogP contribution in [0.3, 0.4) is 0 Å². The summed E-state index contributed by atoms with van der Waals surface area (Å²) < 4.78 is 5.59. The molecule has 13 heavy (non-hydrogen) atoms. The molecule has 3 nitrogen and oxygen atoms in total. The predicted octanol–water partition coefficient (Wildman–Crippen LogP) is 1.25. The van der Waals surface area contributed by atoms with E-state index in [1.54, 1.807) is 0 Å². The molecule has 0 amide bonds. The smallest absolute Gasteiger partial charge is 0.0738 e. The van der Waals surface area contributed by atoms with Crippen molar-refractivity contribution in [3.63, 3.8) is 0 Å². The molecule has 2 unspecified atom stereocenters. The second kappa shape index (κ2) is 8.48. The fraction of sp³-hybridized carbons (Fsp3) is 1.00. The van der Waals surface area contributed by atoms with Crippen molar-refractivity contribution in [3.8, 4) is 0 Å². The zero-order valence-corrected chi connectivity index (χ0v) is 9.39. The second-order valence-corrected chi connectivity index (χ2v) is 2.94. The van der Waals surface area contributed by atoms with Crippen LogP contribution in [0, 0.1) is 0 Å². The summed E-state index contributed by atoms with van der Waals surface area (Å²) in [7, 11) is 1.98. The van der Waals surface area contributed by atoms with Gasteiger partial charge in [0.05, 0.1) is 12.7 Å². The fourth-order valence-corrected chi connectivity index (χ4v) is 1.53. The maximum Gasteiger partial charge on any atom is 0.0738 e. The van der Waals surface area contributed by atoms with Crippen molar-refractivity contribution in [2.24, 2.45) is 0 Å². The average molecular weight is 190 g/mol. The van der Waals surface area contributed by atoms with Crippen LogP contribution in [-0.2, 0) is 4.74 Å². The summed E-state index contributed by atoms with van der Waals surface area (Å²) in [6.45, 7) is 9.01. The van der Waals surface area contributed by atoms with Crippen LogP contribution in [0.5, 0.6) is 0 Å². The Kier molecular flexibility index (Phi) is 8.40. The molecule has 0 radical (unpaired) electrons. The molecule has 0 saturated carbocycles. The summed E-state index contributed by atoms with van der Waals surface area (Å²) in [4.78, 5) is 0. The first-order chi connectivity index (χ1) is 6.38. The summed E-state index contributed by atoms with van der Waals surface area (Å²) in [5, 5.41) is 6.59. The molecule has 1 aliphatic rings. The van der Waals surface area contributed by atoms with Gasteiger partial charge in [-0.3, -0.25) is 0 Å². The number of nitrogens with one attached hydrogen (secondary N) is 2. The monoisotopic (exact) mass is 190 g/mol. The number of ether oxygens (including phenoxy) is 1. The molecular formula is C10H26N2O. The molecule has 0 bridgehead atoms. The van der Waals surface area contributed by atoms with Gasteiger partial charge < -0.3 is 15.4 Å². The Morgan fingerprint density at radius 3 is 2.77 bits per heavy atom. The second-order valence-electron chi connectivity index (χ2n) is 2.94. The summed E-state index contributed by atoms with van der Waals surface area (Å²) in [6, 6.07) is 0.499. The van der Waals surface area contributed by atoms with Crippen LogP contribution in [0.15, 0.2) is 0 Å². The van der Waals surface area contributed by atoms with Gasteiger partial charge in [-0.25, -0.2) is 0 Å². The van der Waals surface area contributed by atoms with Crippen LogP contribution in [0.25, 0.3) is 0 Å². The number of hydrogen-bond donors (Lipinski definition) is 2. The molecule has 0 aromatic heterocycles. The molecule has 1 rings (SSSR count). The van der Waals surface area contributed by atoms with Gasteiger partial charge in [-0.15, -0.1) is 0 Å². The standard InChI is InChI=1S/C8H18N2O.C2H6.H2/c1-3-8-7(6-9-2)10-4-5-11-8;1-2;/h7-10H,3-6H2,1-2H3;1-2H3;1H. The number of rotatable bonds is 3. The van der Waals surface area contributed by atoms with E-state index >= 15 is 0 Å². The molecule has 1 fully saturated rings. The molecule has 0 spiro atoms. The highest BCUT2D eigenvalue weighted by atomic mass is 16.5. The molecular weight excluding hydrogens is 164 g/mol. The van der Waals surface area contributed by atoms with Gasteiger partial charge >= 0.3 is 0 Å². The Bertz CT molecular complexity index is 112. The third-order valence-corrected chi connectivity index (χ3v) is 2.12. The lowest BCUT2D eigenvalue weighted by molar-refractivity contribution is -0.00482. The predicted molar refractivity (Wildman–Crippen MR) is 59.2 cm³/mol. The van der Waals surface area contributed by atoms with Gasteiger partial charge in [-0.2, -0.15) is 0 Å². The summed E-state index contributed by atoms with van der Waals surface area (Å²) in [6.07, 6.45) is 1.50. The third-order valence-electron chi connectivity index (χ3n) is 2.12. The van der Waals surface area contributed by atoms with Gasteiger partial charge in [0.1, 0.15) is 0 Å². The largest absolute Gasteiger partial charge is 0.375 e. The lowest BCUT2D eigenvalue weighted by atomic mass is 10.1. The van der Waals surface area contributed by atoms with E-state index in [1.165, 1.54) is 0 Å². The minimum absolute atomic E-state index is 0. The van der Waals surface area contributed by atoms with Gasteiger partial charge in [-0.05, 0) is 13.5 Å². The normalized spacial score (nSPS) is 27.7. The quantitative estimate of drug-likeness (QED) is 0.702. The highest BCUT2D eigenvalue weighted by Crippen LogP contribution is 2.07. The molecule has 1 heterocycles. The van der Waals surface area contributed by atoms with Crippen LogP contribution < -0.4 is 10.6 Å². The molecule has 0 aromatic carbocycles. The van der Waals surface area contributed by atoms with Gasteiger partial charge in [0.15, 0.2) is 0 Å². The zero-order chi connectivity index (χ0) is 10.1. The Balaban J connectivity index is 0. The molecule has 2 N–H and O–H groups in total. The molecule has 2 atom stereocenters. The van der Waals surface area contributed by atoms with E-state index in [0.29, 0.717) is 12.1 Å². The number of likely N-dealkylation sites (N-methyl/N-ethyl adjacent to an activating group) is 1. The van der Waals surface area contributed by atoms with Crippen molar-refractivity contribution < 1.29 is 6.16 Å². The highest BCUT2D eigenvalue weighted by Gasteiger charge is 2.22. The maximum atomic E-state index is 5.59. The average Bonchev–Trinajstić information content (AvgIpc) is 2.22. The Morgan fingerprint density at radius 1 is 1.54 bits per heavy atom. The van der Waals surface area contributed by atoms with Gasteiger partial charge in [-0.1, -0.05) is 20.8 Å². The fourth-order valence-electron chi connectivity index (χ4n) is 1.53. The first-order valence-electron chi connectivity index (χ1n) is 5.38. The minimum Gasteiger partial charge on any atom is -0.375 e. The number of morpholine rings is 1. The SMILES string of the molecule is CC.CCC1OCCNC1CNC.[HH]. The lowest BCUT2D eigenvalue weighted by Gasteiger charge is -2.32. The van der Waals surface area contributed by atoms with Gasteiger partial charge in [0.2, 0.25) is 0 Å². The van der Waals surface area contributed by atoms with E-state index in [0.717, 1.165) is 26.1 Å². The molecule has 1 saturated heterocycles. The van der Waals surface area contributed by atoms with E-state index in [2.05, 4.69) is 17.6 Å². The van der Waals surface area contributed by atoms with Crippen molar-refractivity contribution in [3.05, 3.63) is 0 Å². The van der Waals surface area contributed by atoms with Crippen LogP contribution in [0.4, 0.5) is 0 Å². The summed E-state index contributed by atoms with van der Waals surface area (Å²) >= 11 is 0. The maximum absolute atomic E-state index is 5.59. The summed E-state index contributed by atoms with van der Waals surface area (Å²) in [5.41, 5.74) is 0. The molecule has 3 heteroatoms. The van der Waals surface area contributed by atoms with Crippen LogP contribution in [0.1, 0.15) is 28.6 Å². The van der Waals surface area contributed by atoms with E-state index in [1.807, 2.05) is 20.9 Å². The topological polar surface area (TPSA) is 33.3 Å². The van der Waals surface area contributed by atoms with E-state index in [9.17, 15) is 0 Å². The van der Waals surface area contributed by atoms with Crippen molar-refractivity contribution in [1.82, 2.24) is 10.6 Å². The first kappa shape index (κ1) is 12.9. The van der Waals surface area contributed by atoms with Crippen LogP contribution in [-0.4, -0.2) is 38.9 Å². The van der Waals surface area contributed by atoms with E-state index in [-0.39, 0.29) is 1.43 Å². The minimum atomic E-state index is 0. The van der Waals surface area contributed by atoms with Gasteiger partial charge in [0.25, 0.3) is 0 Å². The van der Waals surface area contributed by atoms with Crippen LogP contribution in [0.2, 0.25) is 0 Å². The molecule has 0 aliphatic carbocycles.